The van der Waals surface area contributed by atoms with Gasteiger partial charge in [0.1, 0.15) is 11.6 Å². The van der Waals surface area contributed by atoms with Crippen LogP contribution in [-0.2, 0) is 14.3 Å². The third kappa shape index (κ3) is 4.43. The summed E-state index contributed by atoms with van der Waals surface area (Å²) in [4.78, 5) is 25.8. The van der Waals surface area contributed by atoms with Crippen LogP contribution in [0.15, 0.2) is 24.3 Å². The minimum Gasteiger partial charge on any atom is -0.481 e. The van der Waals surface area contributed by atoms with Crippen LogP contribution in [0, 0.1) is 11.7 Å². The van der Waals surface area contributed by atoms with Crippen LogP contribution >= 0.6 is 0 Å². The summed E-state index contributed by atoms with van der Waals surface area (Å²) in [6.45, 7) is 2.90. The number of esters is 1. The van der Waals surface area contributed by atoms with E-state index in [9.17, 15) is 14.0 Å². The third-order valence-corrected chi connectivity index (χ3v) is 4.08. The zero-order chi connectivity index (χ0) is 16.8. The van der Waals surface area contributed by atoms with Gasteiger partial charge in [0.25, 0.3) is 5.91 Å². The molecule has 1 heterocycles. The van der Waals surface area contributed by atoms with Crippen LogP contribution < -0.4 is 4.74 Å². The van der Waals surface area contributed by atoms with Crippen molar-refractivity contribution in [1.29, 1.82) is 0 Å². The summed E-state index contributed by atoms with van der Waals surface area (Å²) >= 11 is 0. The van der Waals surface area contributed by atoms with E-state index in [2.05, 4.69) is 0 Å². The minimum absolute atomic E-state index is 0.0971. The van der Waals surface area contributed by atoms with E-state index < -0.39 is 6.10 Å². The van der Waals surface area contributed by atoms with Gasteiger partial charge in [-0.2, -0.15) is 0 Å². The molecule has 1 amide bonds. The number of benzene rings is 1. The fourth-order valence-corrected chi connectivity index (χ4v) is 2.69. The maximum absolute atomic E-state index is 12.9. The van der Waals surface area contributed by atoms with Crippen LogP contribution in [0.2, 0.25) is 0 Å². The number of carbonyl (C=O) groups is 2. The molecule has 1 aromatic carbocycles. The van der Waals surface area contributed by atoms with Gasteiger partial charge in [0.2, 0.25) is 0 Å². The molecule has 1 unspecified atom stereocenters. The summed E-state index contributed by atoms with van der Waals surface area (Å²) in [5.74, 6) is -0.327. The van der Waals surface area contributed by atoms with E-state index in [1.165, 1.54) is 31.4 Å². The van der Waals surface area contributed by atoms with Gasteiger partial charge in [-0.15, -0.1) is 0 Å². The fraction of sp³-hybridized carbons (Fsp3) is 0.529. The molecule has 1 aliphatic heterocycles. The SMILES string of the molecule is CCC(Oc1ccc(F)cc1)C(=O)N1CCC(C(=O)OC)CC1. The second kappa shape index (κ2) is 7.94. The Morgan fingerprint density at radius 3 is 2.39 bits per heavy atom. The maximum atomic E-state index is 12.9. The van der Waals surface area contributed by atoms with Crippen LogP contribution in [0.1, 0.15) is 26.2 Å². The number of piperidine rings is 1. The van der Waals surface area contributed by atoms with Gasteiger partial charge in [0.05, 0.1) is 13.0 Å². The monoisotopic (exact) mass is 323 g/mol. The Labute approximate surface area is 135 Å². The lowest BCUT2D eigenvalue weighted by Gasteiger charge is -2.33. The predicted octanol–water partition coefficient (Wildman–Crippen LogP) is 2.39. The number of hydrogen-bond donors (Lipinski definition) is 0. The van der Waals surface area contributed by atoms with Crippen LogP contribution in [0.4, 0.5) is 4.39 Å². The van der Waals surface area contributed by atoms with Gasteiger partial charge in [-0.25, -0.2) is 4.39 Å². The molecule has 1 aromatic rings. The van der Waals surface area contributed by atoms with Crippen molar-refractivity contribution in [1.82, 2.24) is 4.90 Å². The smallest absolute Gasteiger partial charge is 0.308 e. The Balaban J connectivity index is 1.92. The summed E-state index contributed by atoms with van der Waals surface area (Å²) in [6.07, 6.45) is 1.12. The highest BCUT2D eigenvalue weighted by Crippen LogP contribution is 2.21. The van der Waals surface area contributed by atoms with Crippen molar-refractivity contribution >= 4 is 11.9 Å². The molecule has 0 spiro atoms. The first kappa shape index (κ1) is 17.2. The highest BCUT2D eigenvalue weighted by Gasteiger charge is 2.31. The van der Waals surface area contributed by atoms with Gasteiger partial charge in [0, 0.05) is 13.1 Å². The van der Waals surface area contributed by atoms with Crippen LogP contribution in [0.5, 0.6) is 5.75 Å². The van der Waals surface area contributed by atoms with Gasteiger partial charge < -0.3 is 14.4 Å². The average molecular weight is 323 g/mol. The van der Waals surface area contributed by atoms with Gasteiger partial charge >= 0.3 is 5.97 Å². The second-order valence-corrected chi connectivity index (χ2v) is 5.59. The van der Waals surface area contributed by atoms with Crippen LogP contribution in [0.3, 0.4) is 0 Å². The van der Waals surface area contributed by atoms with Gasteiger partial charge in [-0.1, -0.05) is 6.92 Å². The standard InChI is InChI=1S/C17H22FNO4/c1-3-15(23-14-6-4-13(18)5-7-14)16(20)19-10-8-12(9-11-19)17(21)22-2/h4-7,12,15H,3,8-11H2,1-2H3. The number of halogens is 1. The molecule has 1 fully saturated rings. The van der Waals surface area contributed by atoms with Gasteiger partial charge in [-0.3, -0.25) is 9.59 Å². The minimum atomic E-state index is -0.602. The Morgan fingerprint density at radius 1 is 1.26 bits per heavy atom. The summed E-state index contributed by atoms with van der Waals surface area (Å²) in [5, 5.41) is 0. The normalized spacial score (nSPS) is 16.7. The fourth-order valence-electron chi connectivity index (χ4n) is 2.69. The average Bonchev–Trinajstić information content (AvgIpc) is 2.60. The highest BCUT2D eigenvalue weighted by atomic mass is 19.1. The van der Waals surface area contributed by atoms with Gasteiger partial charge in [0.15, 0.2) is 6.10 Å². The lowest BCUT2D eigenvalue weighted by molar-refractivity contribution is -0.150. The number of hydrogen-bond acceptors (Lipinski definition) is 4. The number of amides is 1. The van der Waals surface area contributed by atoms with Crippen molar-refractivity contribution in [2.75, 3.05) is 20.2 Å². The molecule has 6 heteroatoms. The Hall–Kier alpha value is -2.11. The molecule has 0 saturated carbocycles. The first-order valence-electron chi connectivity index (χ1n) is 7.84. The second-order valence-electron chi connectivity index (χ2n) is 5.59. The molecular weight excluding hydrogens is 301 g/mol. The highest BCUT2D eigenvalue weighted by molar-refractivity contribution is 5.81. The zero-order valence-corrected chi connectivity index (χ0v) is 13.5. The molecule has 1 atom stereocenters. The molecule has 0 radical (unpaired) electrons. The van der Waals surface area contributed by atoms with Crippen molar-refractivity contribution in [3.63, 3.8) is 0 Å². The largest absolute Gasteiger partial charge is 0.481 e. The zero-order valence-electron chi connectivity index (χ0n) is 13.5. The Bertz CT molecular complexity index is 538. The summed E-state index contributed by atoms with van der Waals surface area (Å²) in [7, 11) is 1.38. The van der Waals surface area contributed by atoms with Crippen LogP contribution in [-0.4, -0.2) is 43.1 Å². The summed E-state index contributed by atoms with van der Waals surface area (Å²) < 4.78 is 23.3. The molecule has 1 saturated heterocycles. The van der Waals surface area contributed by atoms with E-state index in [4.69, 9.17) is 9.47 Å². The summed E-state index contributed by atoms with van der Waals surface area (Å²) in [6, 6.07) is 5.62. The predicted molar refractivity (Wildman–Crippen MR) is 82.4 cm³/mol. The number of carbonyl (C=O) groups excluding carboxylic acids is 2. The lowest BCUT2D eigenvalue weighted by Crippen LogP contribution is -2.46. The van der Waals surface area contributed by atoms with E-state index >= 15 is 0 Å². The number of ether oxygens (including phenoxy) is 2. The van der Waals surface area contributed by atoms with Crippen molar-refractivity contribution in [3.05, 3.63) is 30.1 Å². The van der Waals surface area contributed by atoms with E-state index in [0.717, 1.165) is 0 Å². The van der Waals surface area contributed by atoms with E-state index in [1.54, 1.807) is 4.90 Å². The number of rotatable bonds is 5. The Morgan fingerprint density at radius 2 is 1.87 bits per heavy atom. The molecule has 5 nitrogen and oxygen atoms in total. The molecule has 0 aromatic heterocycles. The number of likely N-dealkylation sites (tertiary alicyclic amines) is 1. The number of methoxy groups -OCH3 is 1. The molecule has 1 aliphatic rings. The van der Waals surface area contributed by atoms with Crippen molar-refractivity contribution in [3.8, 4) is 5.75 Å². The molecular formula is C17H22FNO4. The van der Waals surface area contributed by atoms with Crippen molar-refractivity contribution in [2.24, 2.45) is 5.92 Å². The lowest BCUT2D eigenvalue weighted by atomic mass is 9.96. The maximum Gasteiger partial charge on any atom is 0.308 e. The van der Waals surface area contributed by atoms with Crippen LogP contribution in [0.25, 0.3) is 0 Å². The quantitative estimate of drug-likeness (QED) is 0.781. The van der Waals surface area contributed by atoms with Gasteiger partial charge in [-0.05, 0) is 43.5 Å². The first-order chi connectivity index (χ1) is 11.0. The topological polar surface area (TPSA) is 55.8 Å². The Kier molecular flexibility index (Phi) is 5.96. The molecule has 0 bridgehead atoms. The van der Waals surface area contributed by atoms with Crippen molar-refractivity contribution < 1.29 is 23.5 Å². The molecule has 126 valence electrons. The molecule has 0 aliphatic carbocycles. The van der Waals surface area contributed by atoms with Crippen molar-refractivity contribution in [2.45, 2.75) is 32.3 Å². The third-order valence-electron chi connectivity index (χ3n) is 4.08. The number of nitrogens with zero attached hydrogens (tertiary/aromatic N) is 1. The molecule has 23 heavy (non-hydrogen) atoms. The van der Waals surface area contributed by atoms with E-state index in [1.807, 2.05) is 6.92 Å². The molecule has 0 N–H and O–H groups in total. The summed E-state index contributed by atoms with van der Waals surface area (Å²) in [5.41, 5.74) is 0. The van der Waals surface area contributed by atoms with E-state index in [0.29, 0.717) is 38.1 Å². The molecule has 2 rings (SSSR count). The first-order valence-corrected chi connectivity index (χ1v) is 7.84. The van der Waals surface area contributed by atoms with E-state index in [-0.39, 0.29) is 23.6 Å².